The van der Waals surface area contributed by atoms with Gasteiger partial charge in [-0.25, -0.2) is 0 Å². The highest BCUT2D eigenvalue weighted by Crippen LogP contribution is 2.31. The Morgan fingerprint density at radius 3 is 2.75 bits per heavy atom. The molecular weight excluding hydrogens is 222 g/mol. The molecule has 1 N–H and O–H groups in total. The highest BCUT2D eigenvalue weighted by Gasteiger charge is 2.43. The van der Waals surface area contributed by atoms with Crippen LogP contribution >= 0.6 is 11.3 Å². The van der Waals surface area contributed by atoms with E-state index in [1.54, 1.807) is 4.90 Å². The van der Waals surface area contributed by atoms with Gasteiger partial charge in [-0.1, -0.05) is 0 Å². The van der Waals surface area contributed by atoms with E-state index in [-0.39, 0.29) is 5.91 Å². The Morgan fingerprint density at radius 2 is 2.31 bits per heavy atom. The first kappa shape index (κ1) is 11.6. The molecule has 1 aromatic heterocycles. The van der Waals surface area contributed by atoms with Crippen LogP contribution in [-0.4, -0.2) is 34.1 Å². The highest BCUT2D eigenvalue weighted by atomic mass is 32.1. The van der Waals surface area contributed by atoms with E-state index < -0.39 is 11.6 Å². The van der Waals surface area contributed by atoms with Crippen molar-refractivity contribution in [3.05, 3.63) is 21.9 Å². The van der Waals surface area contributed by atoms with Crippen LogP contribution in [0.2, 0.25) is 0 Å². The van der Waals surface area contributed by atoms with Gasteiger partial charge in [0, 0.05) is 6.54 Å². The van der Waals surface area contributed by atoms with Crippen molar-refractivity contribution in [2.75, 3.05) is 6.54 Å². The maximum atomic E-state index is 12.3. The van der Waals surface area contributed by atoms with E-state index in [9.17, 15) is 9.90 Å². The molecule has 1 atom stereocenters. The molecule has 4 heteroatoms. The number of carbonyl (C=O) groups excluding carboxylic acids is 1. The van der Waals surface area contributed by atoms with Gasteiger partial charge in [-0.3, -0.25) is 4.79 Å². The smallest absolute Gasteiger partial charge is 0.264 e. The molecule has 1 aromatic rings. The van der Waals surface area contributed by atoms with E-state index in [2.05, 4.69) is 0 Å². The maximum absolute atomic E-state index is 12.3. The summed E-state index contributed by atoms with van der Waals surface area (Å²) in [7, 11) is 0. The predicted octanol–water partition coefficient (Wildman–Crippen LogP) is 2.04. The Kier molecular flexibility index (Phi) is 2.80. The van der Waals surface area contributed by atoms with Crippen LogP contribution in [0.3, 0.4) is 0 Å². The second kappa shape index (κ2) is 3.86. The molecule has 0 radical (unpaired) electrons. The Hall–Kier alpha value is -0.870. The summed E-state index contributed by atoms with van der Waals surface area (Å²) in [6, 6.07) is 1.96. The lowest BCUT2D eigenvalue weighted by Crippen LogP contribution is -2.48. The van der Waals surface area contributed by atoms with Gasteiger partial charge in [-0.05, 0) is 44.2 Å². The summed E-state index contributed by atoms with van der Waals surface area (Å²) in [4.78, 5) is 14.9. The SMILES string of the molecule is Cc1ccsc1C(=O)N1CCC(O)C1(C)C. The summed E-state index contributed by atoms with van der Waals surface area (Å²) in [5.74, 6) is 0.0500. The summed E-state index contributed by atoms with van der Waals surface area (Å²) < 4.78 is 0. The number of rotatable bonds is 1. The number of aliphatic hydroxyl groups is 1. The van der Waals surface area contributed by atoms with Crippen molar-refractivity contribution in [2.24, 2.45) is 0 Å². The van der Waals surface area contributed by atoms with Crippen LogP contribution in [-0.2, 0) is 0 Å². The molecule has 0 aromatic carbocycles. The molecule has 1 fully saturated rings. The summed E-state index contributed by atoms with van der Waals surface area (Å²) in [5.41, 5.74) is 0.570. The molecule has 1 aliphatic rings. The van der Waals surface area contributed by atoms with Crippen LogP contribution in [0.5, 0.6) is 0 Å². The molecule has 16 heavy (non-hydrogen) atoms. The fraction of sp³-hybridized carbons (Fsp3) is 0.583. The Bertz CT molecular complexity index is 411. The maximum Gasteiger partial charge on any atom is 0.264 e. The summed E-state index contributed by atoms with van der Waals surface area (Å²) in [6.07, 6.45) is 0.250. The third-order valence-electron chi connectivity index (χ3n) is 3.44. The molecule has 88 valence electrons. The lowest BCUT2D eigenvalue weighted by molar-refractivity contribution is 0.0397. The van der Waals surface area contributed by atoms with Gasteiger partial charge in [0.1, 0.15) is 0 Å². The molecule has 2 heterocycles. The monoisotopic (exact) mass is 239 g/mol. The van der Waals surface area contributed by atoms with E-state index in [0.29, 0.717) is 13.0 Å². The molecular formula is C12H17NO2S. The van der Waals surface area contributed by atoms with E-state index in [1.807, 2.05) is 32.2 Å². The highest BCUT2D eigenvalue weighted by molar-refractivity contribution is 7.12. The van der Waals surface area contributed by atoms with E-state index in [0.717, 1.165) is 10.4 Å². The zero-order valence-electron chi connectivity index (χ0n) is 9.86. The third kappa shape index (κ3) is 1.66. The molecule has 1 amide bonds. The van der Waals surface area contributed by atoms with Gasteiger partial charge < -0.3 is 10.0 Å². The molecule has 1 saturated heterocycles. The van der Waals surface area contributed by atoms with Gasteiger partial charge in [-0.15, -0.1) is 11.3 Å². The van der Waals surface area contributed by atoms with Crippen LogP contribution in [0.25, 0.3) is 0 Å². The first-order valence-corrected chi connectivity index (χ1v) is 6.36. The van der Waals surface area contributed by atoms with Gasteiger partial charge in [0.25, 0.3) is 5.91 Å². The van der Waals surface area contributed by atoms with Crippen molar-refractivity contribution in [3.63, 3.8) is 0 Å². The normalized spacial score (nSPS) is 23.8. The molecule has 1 aliphatic heterocycles. The standard InChI is InChI=1S/C12H17NO2S/c1-8-5-7-16-10(8)11(15)13-6-4-9(14)12(13,2)3/h5,7,9,14H,4,6H2,1-3H3. The average molecular weight is 239 g/mol. The van der Waals surface area contributed by atoms with Crippen molar-refractivity contribution in [1.29, 1.82) is 0 Å². The Labute approximate surface area is 99.7 Å². The fourth-order valence-electron chi connectivity index (χ4n) is 2.15. The minimum Gasteiger partial charge on any atom is -0.391 e. The van der Waals surface area contributed by atoms with Gasteiger partial charge in [0.2, 0.25) is 0 Å². The van der Waals surface area contributed by atoms with Crippen molar-refractivity contribution in [1.82, 2.24) is 4.90 Å². The number of hydrogen-bond donors (Lipinski definition) is 1. The lowest BCUT2D eigenvalue weighted by atomic mass is 9.98. The largest absolute Gasteiger partial charge is 0.391 e. The minimum absolute atomic E-state index is 0.0500. The van der Waals surface area contributed by atoms with Crippen LogP contribution < -0.4 is 0 Å². The number of nitrogens with zero attached hydrogens (tertiary/aromatic N) is 1. The molecule has 0 aliphatic carbocycles. The molecule has 3 nitrogen and oxygen atoms in total. The molecule has 2 rings (SSSR count). The van der Waals surface area contributed by atoms with Crippen molar-refractivity contribution < 1.29 is 9.90 Å². The second-order valence-corrected chi connectivity index (χ2v) is 5.76. The van der Waals surface area contributed by atoms with E-state index in [4.69, 9.17) is 0 Å². The number of aryl methyl sites for hydroxylation is 1. The summed E-state index contributed by atoms with van der Waals surface area (Å²) in [6.45, 7) is 6.44. The number of aliphatic hydroxyl groups excluding tert-OH is 1. The zero-order valence-corrected chi connectivity index (χ0v) is 10.7. The van der Waals surface area contributed by atoms with Gasteiger partial charge in [-0.2, -0.15) is 0 Å². The van der Waals surface area contributed by atoms with E-state index >= 15 is 0 Å². The van der Waals surface area contributed by atoms with Gasteiger partial charge >= 0.3 is 0 Å². The topological polar surface area (TPSA) is 40.5 Å². The lowest BCUT2D eigenvalue weighted by Gasteiger charge is -2.33. The predicted molar refractivity (Wildman–Crippen MR) is 64.8 cm³/mol. The number of amides is 1. The molecule has 1 unspecified atom stereocenters. The first-order chi connectivity index (χ1) is 7.44. The van der Waals surface area contributed by atoms with Crippen LogP contribution in [0, 0.1) is 6.92 Å². The van der Waals surface area contributed by atoms with Crippen LogP contribution in [0.1, 0.15) is 35.5 Å². The Balaban J connectivity index is 2.27. The molecule has 0 saturated carbocycles. The minimum atomic E-state index is -0.451. The average Bonchev–Trinajstić information content (AvgIpc) is 2.73. The van der Waals surface area contributed by atoms with Gasteiger partial charge in [0.05, 0.1) is 16.5 Å². The van der Waals surface area contributed by atoms with Crippen LogP contribution in [0.4, 0.5) is 0 Å². The molecule has 0 bridgehead atoms. The number of carbonyl (C=O) groups is 1. The fourth-order valence-corrected chi connectivity index (χ4v) is 3.02. The van der Waals surface area contributed by atoms with Crippen molar-refractivity contribution in [2.45, 2.75) is 38.8 Å². The quantitative estimate of drug-likeness (QED) is 0.814. The van der Waals surface area contributed by atoms with Gasteiger partial charge in [0.15, 0.2) is 0 Å². The van der Waals surface area contributed by atoms with E-state index in [1.165, 1.54) is 11.3 Å². The third-order valence-corrected chi connectivity index (χ3v) is 4.44. The summed E-state index contributed by atoms with van der Waals surface area (Å²) >= 11 is 1.47. The second-order valence-electron chi connectivity index (χ2n) is 4.85. The Morgan fingerprint density at radius 1 is 1.62 bits per heavy atom. The number of hydrogen-bond acceptors (Lipinski definition) is 3. The van der Waals surface area contributed by atoms with Crippen molar-refractivity contribution in [3.8, 4) is 0 Å². The van der Waals surface area contributed by atoms with Crippen molar-refractivity contribution >= 4 is 17.2 Å². The zero-order chi connectivity index (χ0) is 11.9. The number of likely N-dealkylation sites (tertiary alicyclic amines) is 1. The first-order valence-electron chi connectivity index (χ1n) is 5.48. The molecule has 0 spiro atoms. The number of thiophene rings is 1. The van der Waals surface area contributed by atoms with Crippen LogP contribution in [0.15, 0.2) is 11.4 Å². The summed E-state index contributed by atoms with van der Waals surface area (Å²) in [5, 5.41) is 11.8.